The van der Waals surface area contributed by atoms with Crippen molar-refractivity contribution >= 4 is 27.5 Å². The summed E-state index contributed by atoms with van der Waals surface area (Å²) >= 11 is 5.76. The van der Waals surface area contributed by atoms with E-state index in [2.05, 4.69) is 16.1 Å². The van der Waals surface area contributed by atoms with Crippen LogP contribution in [0.3, 0.4) is 0 Å². The van der Waals surface area contributed by atoms with Crippen molar-refractivity contribution in [3.63, 3.8) is 0 Å². The summed E-state index contributed by atoms with van der Waals surface area (Å²) in [5.74, 6) is -0.330. The predicted octanol–water partition coefficient (Wildman–Crippen LogP) is 3.01. The lowest BCUT2D eigenvalue weighted by molar-refractivity contribution is -0.122. The molecule has 0 saturated carbocycles. The third kappa shape index (κ3) is 5.61. The molecule has 0 unspecified atom stereocenters. The van der Waals surface area contributed by atoms with E-state index in [1.165, 1.54) is 49.6 Å². The van der Waals surface area contributed by atoms with E-state index >= 15 is 0 Å². The number of carbonyl (C=O) groups excluding carboxylic acids is 1. The lowest BCUT2D eigenvalue weighted by Crippen LogP contribution is -2.45. The highest BCUT2D eigenvalue weighted by atomic mass is 35.5. The number of rotatable bonds is 7. The Morgan fingerprint density at radius 3 is 2.58 bits per heavy atom. The molecule has 5 nitrogen and oxygen atoms in total. The van der Waals surface area contributed by atoms with Gasteiger partial charge in [0.25, 0.3) is 0 Å². The molecule has 1 atom stereocenters. The van der Waals surface area contributed by atoms with Crippen molar-refractivity contribution in [2.75, 3.05) is 6.54 Å². The van der Waals surface area contributed by atoms with Gasteiger partial charge in [-0.3, -0.25) is 4.79 Å². The normalized spacial score (nSPS) is 16.3. The van der Waals surface area contributed by atoms with Crippen LogP contribution in [0.15, 0.2) is 40.8 Å². The minimum absolute atomic E-state index is 0.0823. The highest BCUT2D eigenvalue weighted by Crippen LogP contribution is 2.19. The molecular weight excluding hydrogens is 348 g/mol. The van der Waals surface area contributed by atoms with Crippen LogP contribution < -0.4 is 10.0 Å². The van der Waals surface area contributed by atoms with Gasteiger partial charge in [0.2, 0.25) is 15.9 Å². The summed E-state index contributed by atoms with van der Waals surface area (Å²) in [6.07, 6.45) is 7.70. The van der Waals surface area contributed by atoms with Crippen molar-refractivity contribution in [1.29, 1.82) is 0 Å². The van der Waals surface area contributed by atoms with Crippen LogP contribution in [0.1, 0.15) is 39.0 Å². The SMILES string of the molecule is C[C@@H](NS(=O)(=O)c1ccc(Cl)cc1)C(=O)NCCC1=CCCCC1. The van der Waals surface area contributed by atoms with Gasteiger partial charge in [-0.15, -0.1) is 0 Å². The number of hydrogen-bond donors (Lipinski definition) is 2. The third-order valence-corrected chi connectivity index (χ3v) is 5.79. The first kappa shape index (κ1) is 19.0. The molecule has 1 amide bonds. The summed E-state index contributed by atoms with van der Waals surface area (Å²) in [7, 11) is -3.75. The lowest BCUT2D eigenvalue weighted by atomic mass is 9.97. The van der Waals surface area contributed by atoms with E-state index in [0.29, 0.717) is 11.6 Å². The number of carbonyl (C=O) groups is 1. The van der Waals surface area contributed by atoms with Crippen molar-refractivity contribution in [1.82, 2.24) is 10.0 Å². The second-order valence-electron chi connectivity index (χ2n) is 5.95. The zero-order valence-corrected chi connectivity index (χ0v) is 15.3. The molecule has 0 fully saturated rings. The molecule has 0 bridgehead atoms. The fourth-order valence-electron chi connectivity index (χ4n) is 2.60. The van der Waals surface area contributed by atoms with E-state index in [-0.39, 0.29) is 10.8 Å². The molecule has 0 saturated heterocycles. The van der Waals surface area contributed by atoms with Gasteiger partial charge in [0.15, 0.2) is 0 Å². The Morgan fingerprint density at radius 1 is 1.25 bits per heavy atom. The summed E-state index contributed by atoms with van der Waals surface area (Å²) in [4.78, 5) is 12.2. The fraction of sp³-hybridized carbons (Fsp3) is 0.471. The monoisotopic (exact) mass is 370 g/mol. The minimum atomic E-state index is -3.75. The Kier molecular flexibility index (Phi) is 6.83. The van der Waals surface area contributed by atoms with Gasteiger partial charge in [0.1, 0.15) is 0 Å². The molecule has 1 aromatic carbocycles. The van der Waals surface area contributed by atoms with Crippen LogP contribution in [-0.2, 0) is 14.8 Å². The first-order chi connectivity index (χ1) is 11.4. The maximum atomic E-state index is 12.2. The average molecular weight is 371 g/mol. The maximum Gasteiger partial charge on any atom is 0.241 e. The number of nitrogens with one attached hydrogen (secondary N) is 2. The quantitative estimate of drug-likeness (QED) is 0.724. The number of hydrogen-bond acceptors (Lipinski definition) is 3. The third-order valence-electron chi connectivity index (χ3n) is 3.98. The molecule has 1 aliphatic carbocycles. The average Bonchev–Trinajstić information content (AvgIpc) is 2.55. The Balaban J connectivity index is 1.84. The van der Waals surface area contributed by atoms with Gasteiger partial charge in [0.05, 0.1) is 10.9 Å². The number of allylic oxidation sites excluding steroid dienone is 1. The summed E-state index contributed by atoms with van der Waals surface area (Å²) in [6, 6.07) is 4.97. The predicted molar refractivity (Wildman–Crippen MR) is 95.4 cm³/mol. The zero-order valence-electron chi connectivity index (χ0n) is 13.7. The van der Waals surface area contributed by atoms with Gasteiger partial charge in [-0.2, -0.15) is 4.72 Å². The zero-order chi connectivity index (χ0) is 17.6. The Morgan fingerprint density at radius 2 is 1.96 bits per heavy atom. The van der Waals surface area contributed by atoms with Crippen molar-refractivity contribution < 1.29 is 13.2 Å². The Hall–Kier alpha value is -1.37. The molecule has 7 heteroatoms. The maximum absolute atomic E-state index is 12.2. The van der Waals surface area contributed by atoms with Gasteiger partial charge < -0.3 is 5.32 Å². The van der Waals surface area contributed by atoms with Crippen LogP contribution in [0.2, 0.25) is 5.02 Å². The van der Waals surface area contributed by atoms with Gasteiger partial charge in [0, 0.05) is 11.6 Å². The Bertz CT molecular complexity index is 699. The molecule has 0 radical (unpaired) electrons. The Labute approximate surface area is 148 Å². The van der Waals surface area contributed by atoms with E-state index < -0.39 is 16.1 Å². The molecule has 0 aliphatic heterocycles. The van der Waals surface area contributed by atoms with Crippen LogP contribution in [0.4, 0.5) is 0 Å². The molecule has 24 heavy (non-hydrogen) atoms. The highest BCUT2D eigenvalue weighted by molar-refractivity contribution is 7.89. The minimum Gasteiger partial charge on any atom is -0.354 e. The first-order valence-electron chi connectivity index (χ1n) is 8.12. The molecular formula is C17H23ClN2O3S. The van der Waals surface area contributed by atoms with E-state index in [0.717, 1.165) is 19.3 Å². The van der Waals surface area contributed by atoms with Gasteiger partial charge in [-0.25, -0.2) is 8.42 Å². The van der Waals surface area contributed by atoms with E-state index in [1.54, 1.807) is 0 Å². The first-order valence-corrected chi connectivity index (χ1v) is 9.98. The van der Waals surface area contributed by atoms with E-state index in [1.807, 2.05) is 0 Å². The second-order valence-corrected chi connectivity index (χ2v) is 8.10. The van der Waals surface area contributed by atoms with E-state index in [4.69, 9.17) is 11.6 Å². The smallest absolute Gasteiger partial charge is 0.241 e. The van der Waals surface area contributed by atoms with E-state index in [9.17, 15) is 13.2 Å². The largest absolute Gasteiger partial charge is 0.354 e. The number of halogens is 1. The standard InChI is InChI=1S/C17H23ClN2O3S/c1-13(17(21)19-12-11-14-5-3-2-4-6-14)20-24(22,23)16-9-7-15(18)8-10-16/h5,7-10,13,20H,2-4,6,11-12H2,1H3,(H,19,21)/t13-/m1/s1. The number of benzene rings is 1. The molecule has 2 N–H and O–H groups in total. The van der Waals surface area contributed by atoms with Crippen LogP contribution in [-0.4, -0.2) is 26.9 Å². The van der Waals surface area contributed by atoms with Crippen molar-refractivity contribution in [3.05, 3.63) is 40.9 Å². The molecule has 132 valence electrons. The number of sulfonamides is 1. The fourth-order valence-corrected chi connectivity index (χ4v) is 3.93. The summed E-state index contributed by atoms with van der Waals surface area (Å²) in [6.45, 7) is 2.06. The number of amides is 1. The van der Waals surface area contributed by atoms with Crippen molar-refractivity contribution in [2.45, 2.75) is 50.0 Å². The van der Waals surface area contributed by atoms with Crippen LogP contribution >= 0.6 is 11.6 Å². The second kappa shape index (κ2) is 8.65. The molecule has 1 aromatic rings. The van der Waals surface area contributed by atoms with Crippen molar-refractivity contribution in [2.24, 2.45) is 0 Å². The highest BCUT2D eigenvalue weighted by Gasteiger charge is 2.21. The lowest BCUT2D eigenvalue weighted by Gasteiger charge is -2.16. The summed E-state index contributed by atoms with van der Waals surface area (Å²) < 4.78 is 26.9. The van der Waals surface area contributed by atoms with Gasteiger partial charge in [-0.1, -0.05) is 23.3 Å². The molecule has 0 heterocycles. The van der Waals surface area contributed by atoms with Crippen LogP contribution in [0, 0.1) is 0 Å². The molecule has 0 spiro atoms. The molecule has 0 aromatic heterocycles. The molecule has 2 rings (SSSR count). The van der Waals surface area contributed by atoms with Crippen LogP contribution in [0.5, 0.6) is 0 Å². The van der Waals surface area contributed by atoms with Gasteiger partial charge in [-0.05, 0) is 63.3 Å². The molecule has 1 aliphatic rings. The summed E-state index contributed by atoms with van der Waals surface area (Å²) in [5.41, 5.74) is 1.37. The van der Waals surface area contributed by atoms with Crippen molar-refractivity contribution in [3.8, 4) is 0 Å². The van der Waals surface area contributed by atoms with Gasteiger partial charge >= 0.3 is 0 Å². The van der Waals surface area contributed by atoms with Crippen LogP contribution in [0.25, 0.3) is 0 Å². The topological polar surface area (TPSA) is 75.3 Å². The summed E-state index contributed by atoms with van der Waals surface area (Å²) in [5, 5.41) is 3.24.